The minimum absolute atomic E-state index is 0.541. The van der Waals surface area contributed by atoms with E-state index < -0.39 is 0 Å². The van der Waals surface area contributed by atoms with Crippen molar-refractivity contribution in [2.75, 3.05) is 31.5 Å². The van der Waals surface area contributed by atoms with E-state index in [4.69, 9.17) is 10.5 Å². The lowest BCUT2D eigenvalue weighted by atomic mass is 9.92. The Kier molecular flexibility index (Phi) is 5.81. The van der Waals surface area contributed by atoms with Crippen LogP contribution in [0.25, 0.3) is 0 Å². The molecule has 1 heterocycles. The van der Waals surface area contributed by atoms with E-state index in [2.05, 4.69) is 36.2 Å². The van der Waals surface area contributed by atoms with Crippen molar-refractivity contribution >= 4 is 5.69 Å². The largest absolute Gasteiger partial charge is 0.383 e. The van der Waals surface area contributed by atoms with E-state index in [0.717, 1.165) is 31.3 Å². The number of hydrogen-bond acceptors (Lipinski definition) is 4. The lowest BCUT2D eigenvalue weighted by Crippen LogP contribution is -2.39. The molecule has 2 rings (SSSR count). The van der Waals surface area contributed by atoms with Crippen molar-refractivity contribution < 1.29 is 0 Å². The summed E-state index contributed by atoms with van der Waals surface area (Å²) in [5, 5.41) is 21.6. The summed E-state index contributed by atoms with van der Waals surface area (Å²) in [6.07, 6.45) is 2.35. The summed E-state index contributed by atoms with van der Waals surface area (Å²) in [4.78, 5) is 2.53. The lowest BCUT2D eigenvalue weighted by molar-refractivity contribution is 0.141. The zero-order valence-corrected chi connectivity index (χ0v) is 13.5. The number of likely N-dealkylation sites (tertiary alicyclic amines) is 1. The van der Waals surface area contributed by atoms with Gasteiger partial charge in [0.25, 0.3) is 0 Å². The molecule has 1 fully saturated rings. The zero-order chi connectivity index (χ0) is 15.9. The minimum Gasteiger partial charge on any atom is -0.383 e. The van der Waals surface area contributed by atoms with Crippen molar-refractivity contribution in [3.63, 3.8) is 0 Å². The van der Waals surface area contributed by atoms with Crippen LogP contribution >= 0.6 is 0 Å². The first kappa shape index (κ1) is 16.3. The molecule has 1 aliphatic rings. The Balaban J connectivity index is 1.85. The summed E-state index contributed by atoms with van der Waals surface area (Å²) in [5.74, 6) is 1.56. The van der Waals surface area contributed by atoms with E-state index in [1.807, 2.05) is 0 Å². The summed E-state index contributed by atoms with van der Waals surface area (Å²) < 4.78 is 0. The number of nitriles is 2. The second-order valence-corrected chi connectivity index (χ2v) is 6.44. The van der Waals surface area contributed by atoms with Gasteiger partial charge < -0.3 is 10.2 Å². The van der Waals surface area contributed by atoms with Crippen LogP contribution in [0.2, 0.25) is 0 Å². The van der Waals surface area contributed by atoms with Gasteiger partial charge in [-0.2, -0.15) is 10.5 Å². The lowest BCUT2D eigenvalue weighted by Gasteiger charge is -2.35. The molecule has 1 aromatic carbocycles. The first-order chi connectivity index (χ1) is 10.6. The maximum atomic E-state index is 9.15. The highest BCUT2D eigenvalue weighted by Crippen LogP contribution is 2.22. The molecule has 1 N–H and O–H groups in total. The summed E-state index contributed by atoms with van der Waals surface area (Å²) >= 11 is 0. The zero-order valence-electron chi connectivity index (χ0n) is 13.5. The number of benzene rings is 1. The van der Waals surface area contributed by atoms with Crippen LogP contribution < -0.4 is 5.32 Å². The number of rotatable bonds is 5. The summed E-state index contributed by atoms with van der Waals surface area (Å²) in [5.41, 5.74) is 1.76. The Bertz CT molecular complexity index is 539. The van der Waals surface area contributed by atoms with E-state index in [9.17, 15) is 0 Å². The second-order valence-electron chi connectivity index (χ2n) is 6.44. The fourth-order valence-corrected chi connectivity index (χ4v) is 3.42. The molecule has 4 nitrogen and oxygen atoms in total. The number of para-hydroxylation sites is 1. The van der Waals surface area contributed by atoms with Gasteiger partial charge in [-0.25, -0.2) is 0 Å². The van der Waals surface area contributed by atoms with Crippen LogP contribution in [-0.2, 0) is 0 Å². The Morgan fingerprint density at radius 3 is 2.27 bits per heavy atom. The molecule has 0 aliphatic carbocycles. The van der Waals surface area contributed by atoms with Crippen molar-refractivity contribution in [2.45, 2.75) is 26.7 Å². The predicted octanol–water partition coefficient (Wildman–Crippen LogP) is 3.21. The van der Waals surface area contributed by atoms with E-state index in [-0.39, 0.29) is 0 Å². The molecule has 1 saturated heterocycles. The van der Waals surface area contributed by atoms with E-state index in [1.165, 1.54) is 19.5 Å². The van der Waals surface area contributed by atoms with Gasteiger partial charge in [0, 0.05) is 19.6 Å². The fourth-order valence-electron chi connectivity index (χ4n) is 3.42. The third-order valence-corrected chi connectivity index (χ3v) is 4.20. The van der Waals surface area contributed by atoms with Crippen LogP contribution in [0.5, 0.6) is 0 Å². The van der Waals surface area contributed by atoms with Gasteiger partial charge in [0.2, 0.25) is 0 Å². The van der Waals surface area contributed by atoms with Crippen molar-refractivity contribution in [2.24, 2.45) is 11.8 Å². The van der Waals surface area contributed by atoms with Gasteiger partial charge >= 0.3 is 0 Å². The Morgan fingerprint density at radius 2 is 1.73 bits per heavy atom. The van der Waals surface area contributed by atoms with Gasteiger partial charge in [-0.3, -0.25) is 0 Å². The summed E-state index contributed by atoms with van der Waals surface area (Å²) in [6, 6.07) is 9.54. The first-order valence-electron chi connectivity index (χ1n) is 8.03. The van der Waals surface area contributed by atoms with E-state index in [0.29, 0.717) is 16.8 Å². The molecule has 4 heteroatoms. The number of nitrogens with one attached hydrogen (secondary N) is 1. The predicted molar refractivity (Wildman–Crippen MR) is 88.4 cm³/mol. The molecule has 1 aromatic rings. The Morgan fingerprint density at radius 1 is 1.14 bits per heavy atom. The average molecular weight is 296 g/mol. The molecule has 0 amide bonds. The fraction of sp³-hybridized carbons (Fsp3) is 0.556. The van der Waals surface area contributed by atoms with Crippen molar-refractivity contribution in [1.29, 1.82) is 10.5 Å². The average Bonchev–Trinajstić information content (AvgIpc) is 2.50. The number of anilines is 1. The SMILES string of the molecule is CC1CC(C)CN(CCCNc2c(C#N)cccc2C#N)C1. The Hall–Kier alpha value is -2.04. The van der Waals surface area contributed by atoms with Crippen molar-refractivity contribution in [1.82, 2.24) is 4.90 Å². The third kappa shape index (κ3) is 4.23. The molecule has 22 heavy (non-hydrogen) atoms. The maximum absolute atomic E-state index is 9.15. The van der Waals surface area contributed by atoms with Crippen LogP contribution in [0.4, 0.5) is 5.69 Å². The van der Waals surface area contributed by atoms with Gasteiger partial charge in [0.1, 0.15) is 12.1 Å². The monoisotopic (exact) mass is 296 g/mol. The third-order valence-electron chi connectivity index (χ3n) is 4.20. The van der Waals surface area contributed by atoms with Crippen molar-refractivity contribution in [3.8, 4) is 12.1 Å². The highest BCUT2D eigenvalue weighted by Gasteiger charge is 2.21. The van der Waals surface area contributed by atoms with E-state index in [1.54, 1.807) is 18.2 Å². The maximum Gasteiger partial charge on any atom is 0.101 e. The molecule has 2 atom stereocenters. The minimum atomic E-state index is 0.541. The smallest absolute Gasteiger partial charge is 0.101 e. The molecule has 1 aliphatic heterocycles. The second kappa shape index (κ2) is 7.82. The summed E-state index contributed by atoms with van der Waals surface area (Å²) in [6.45, 7) is 8.86. The number of hydrogen-bond donors (Lipinski definition) is 1. The summed E-state index contributed by atoms with van der Waals surface area (Å²) in [7, 11) is 0. The number of nitrogens with zero attached hydrogens (tertiary/aromatic N) is 3. The molecule has 0 saturated carbocycles. The first-order valence-corrected chi connectivity index (χ1v) is 8.03. The molecule has 0 aromatic heterocycles. The van der Waals surface area contributed by atoms with E-state index >= 15 is 0 Å². The van der Waals surface area contributed by atoms with Crippen LogP contribution in [0.1, 0.15) is 37.8 Å². The quantitative estimate of drug-likeness (QED) is 0.847. The van der Waals surface area contributed by atoms with Crippen LogP contribution in [-0.4, -0.2) is 31.1 Å². The molecular formula is C18H24N4. The van der Waals surface area contributed by atoms with Crippen LogP contribution in [0, 0.1) is 34.5 Å². The highest BCUT2D eigenvalue weighted by atomic mass is 15.1. The van der Waals surface area contributed by atoms with Gasteiger partial charge in [-0.05, 0) is 43.4 Å². The topological polar surface area (TPSA) is 62.9 Å². The van der Waals surface area contributed by atoms with Crippen LogP contribution in [0.3, 0.4) is 0 Å². The van der Waals surface area contributed by atoms with Gasteiger partial charge in [-0.15, -0.1) is 0 Å². The van der Waals surface area contributed by atoms with Gasteiger partial charge in [0.05, 0.1) is 16.8 Å². The van der Waals surface area contributed by atoms with Crippen LogP contribution in [0.15, 0.2) is 18.2 Å². The standard InChI is InChI=1S/C18H24N4/c1-14-9-15(2)13-22(12-14)8-4-7-21-18-16(10-19)5-3-6-17(18)11-20/h3,5-6,14-15,21H,4,7-9,12-13H2,1-2H3. The molecule has 0 bridgehead atoms. The molecule has 0 radical (unpaired) electrons. The number of piperidine rings is 1. The Labute approximate surface area is 133 Å². The van der Waals surface area contributed by atoms with Crippen molar-refractivity contribution in [3.05, 3.63) is 29.3 Å². The van der Waals surface area contributed by atoms with Gasteiger partial charge in [-0.1, -0.05) is 19.9 Å². The van der Waals surface area contributed by atoms with Gasteiger partial charge in [0.15, 0.2) is 0 Å². The molecular weight excluding hydrogens is 272 g/mol. The molecule has 116 valence electrons. The normalized spacial score (nSPS) is 21.8. The highest BCUT2D eigenvalue weighted by molar-refractivity contribution is 5.66. The molecule has 2 unspecified atom stereocenters. The molecule has 0 spiro atoms.